The van der Waals surface area contributed by atoms with Crippen LogP contribution in [0.2, 0.25) is 5.15 Å². The molecule has 0 aliphatic rings. The van der Waals surface area contributed by atoms with E-state index in [-0.39, 0.29) is 16.4 Å². The van der Waals surface area contributed by atoms with Crippen molar-refractivity contribution in [1.29, 1.82) is 0 Å². The lowest BCUT2D eigenvalue weighted by Crippen LogP contribution is -2.27. The van der Waals surface area contributed by atoms with Gasteiger partial charge in [0.1, 0.15) is 22.0 Å². The van der Waals surface area contributed by atoms with Crippen molar-refractivity contribution >= 4 is 50.3 Å². The summed E-state index contributed by atoms with van der Waals surface area (Å²) in [5.74, 6) is -1.52. The number of hydrogen-bond acceptors (Lipinski definition) is 7. The number of amides is 1. The van der Waals surface area contributed by atoms with Crippen molar-refractivity contribution in [1.82, 2.24) is 9.97 Å². The van der Waals surface area contributed by atoms with Crippen LogP contribution in [0.4, 0.5) is 14.3 Å². The standard InChI is InChI=1S/C22H23ClFN3O4S/c1-21(2,3)30-18(28)12-10-13(24)15(25-17(12)23)11-8-7-9-14-16(11)26-19(32-14)27-20(29)31-22(4,5)6/h7-10H,1-6H3,(H,26,27,29). The van der Waals surface area contributed by atoms with Crippen molar-refractivity contribution in [2.24, 2.45) is 0 Å². The number of pyridine rings is 1. The Morgan fingerprint density at radius 1 is 1.06 bits per heavy atom. The number of hydrogen-bond donors (Lipinski definition) is 1. The van der Waals surface area contributed by atoms with E-state index in [1.54, 1.807) is 59.7 Å². The molecule has 1 aromatic carbocycles. The Morgan fingerprint density at radius 2 is 1.72 bits per heavy atom. The van der Waals surface area contributed by atoms with Crippen LogP contribution in [0.5, 0.6) is 0 Å². The van der Waals surface area contributed by atoms with Gasteiger partial charge in [-0.05, 0) is 53.7 Å². The number of carbonyl (C=O) groups is 2. The number of halogens is 2. The van der Waals surface area contributed by atoms with Crippen LogP contribution in [-0.4, -0.2) is 33.2 Å². The molecule has 0 unspecified atom stereocenters. The van der Waals surface area contributed by atoms with Crippen LogP contribution >= 0.6 is 22.9 Å². The number of thiazole rings is 1. The molecule has 1 N–H and O–H groups in total. The highest BCUT2D eigenvalue weighted by Crippen LogP contribution is 2.35. The summed E-state index contributed by atoms with van der Waals surface area (Å²) in [6, 6.07) is 6.13. The molecule has 1 amide bonds. The Labute approximate surface area is 193 Å². The lowest BCUT2D eigenvalue weighted by Gasteiger charge is -2.19. The largest absolute Gasteiger partial charge is 0.456 e. The first-order valence-corrected chi connectivity index (χ1v) is 10.9. The van der Waals surface area contributed by atoms with Crippen molar-refractivity contribution in [3.8, 4) is 11.3 Å². The predicted octanol–water partition coefficient (Wildman–Crippen LogP) is 6.45. The molecule has 0 aliphatic heterocycles. The molecule has 0 spiro atoms. The average molecular weight is 480 g/mol. The van der Waals surface area contributed by atoms with Crippen molar-refractivity contribution in [3.63, 3.8) is 0 Å². The van der Waals surface area contributed by atoms with E-state index in [0.29, 0.717) is 20.9 Å². The average Bonchev–Trinajstić information content (AvgIpc) is 3.02. The molecule has 0 fully saturated rings. The number of esters is 1. The van der Waals surface area contributed by atoms with E-state index in [1.165, 1.54) is 11.3 Å². The lowest BCUT2D eigenvalue weighted by atomic mass is 10.1. The maximum Gasteiger partial charge on any atom is 0.413 e. The predicted molar refractivity (Wildman–Crippen MR) is 123 cm³/mol. The Hall–Kier alpha value is -2.78. The fourth-order valence-corrected chi connectivity index (χ4v) is 3.81. The zero-order chi connectivity index (χ0) is 23.8. The second-order valence-electron chi connectivity index (χ2n) is 8.96. The van der Waals surface area contributed by atoms with Gasteiger partial charge in [0.25, 0.3) is 0 Å². The number of nitrogens with one attached hydrogen (secondary N) is 1. The van der Waals surface area contributed by atoms with Crippen molar-refractivity contribution in [2.75, 3.05) is 5.32 Å². The first-order valence-electron chi connectivity index (χ1n) is 9.73. The van der Waals surface area contributed by atoms with Crippen molar-refractivity contribution in [3.05, 3.63) is 40.8 Å². The second-order valence-corrected chi connectivity index (χ2v) is 10.3. The molecule has 7 nitrogen and oxygen atoms in total. The molecular formula is C22H23ClFN3O4S. The van der Waals surface area contributed by atoms with E-state index in [1.807, 2.05) is 0 Å². The number of carbonyl (C=O) groups excluding carboxylic acids is 2. The fraction of sp³-hybridized carbons (Fsp3) is 0.364. The number of nitrogens with zero attached hydrogens (tertiary/aromatic N) is 2. The molecule has 10 heteroatoms. The molecule has 0 saturated carbocycles. The van der Waals surface area contributed by atoms with Crippen LogP contribution in [0.25, 0.3) is 21.5 Å². The van der Waals surface area contributed by atoms with Gasteiger partial charge < -0.3 is 9.47 Å². The summed E-state index contributed by atoms with van der Waals surface area (Å²) in [5.41, 5.74) is -0.866. The molecular weight excluding hydrogens is 457 g/mol. The number of anilines is 1. The summed E-state index contributed by atoms with van der Waals surface area (Å²) in [6.07, 6.45) is -0.646. The first kappa shape index (κ1) is 23.9. The summed E-state index contributed by atoms with van der Waals surface area (Å²) in [4.78, 5) is 32.9. The van der Waals surface area contributed by atoms with Gasteiger partial charge in [-0.3, -0.25) is 5.32 Å². The van der Waals surface area contributed by atoms with Gasteiger partial charge in [0.15, 0.2) is 10.9 Å². The summed E-state index contributed by atoms with van der Waals surface area (Å²) < 4.78 is 26.2. The van der Waals surface area contributed by atoms with Crippen molar-refractivity contribution < 1.29 is 23.5 Å². The number of aromatic nitrogens is 2. The van der Waals surface area contributed by atoms with Crippen LogP contribution in [0.1, 0.15) is 51.9 Å². The van der Waals surface area contributed by atoms with E-state index in [4.69, 9.17) is 21.1 Å². The van der Waals surface area contributed by atoms with E-state index < -0.39 is 29.1 Å². The quantitative estimate of drug-likeness (QED) is 0.342. The lowest BCUT2D eigenvalue weighted by molar-refractivity contribution is 0.00685. The van der Waals surface area contributed by atoms with Crippen LogP contribution < -0.4 is 5.32 Å². The Balaban J connectivity index is 1.97. The smallest absolute Gasteiger partial charge is 0.413 e. The highest BCUT2D eigenvalue weighted by molar-refractivity contribution is 7.22. The van der Waals surface area contributed by atoms with Crippen LogP contribution in [0, 0.1) is 5.82 Å². The molecule has 0 aliphatic carbocycles. The van der Waals surface area contributed by atoms with E-state index in [0.717, 1.165) is 6.07 Å². The zero-order valence-corrected chi connectivity index (χ0v) is 20.1. The number of ether oxygens (including phenoxy) is 2. The Bertz CT molecular complexity index is 1200. The molecule has 0 saturated heterocycles. The third kappa shape index (κ3) is 5.72. The molecule has 0 bridgehead atoms. The fourth-order valence-electron chi connectivity index (χ4n) is 2.72. The number of para-hydroxylation sites is 1. The van der Waals surface area contributed by atoms with Gasteiger partial charge in [-0.2, -0.15) is 0 Å². The van der Waals surface area contributed by atoms with E-state index in [2.05, 4.69) is 15.3 Å². The maximum absolute atomic E-state index is 15.0. The zero-order valence-electron chi connectivity index (χ0n) is 18.5. The normalized spacial score (nSPS) is 12.0. The minimum atomic E-state index is -0.767. The van der Waals surface area contributed by atoms with Gasteiger partial charge in [0.2, 0.25) is 0 Å². The molecule has 2 aromatic heterocycles. The first-order chi connectivity index (χ1) is 14.7. The van der Waals surface area contributed by atoms with Gasteiger partial charge in [-0.15, -0.1) is 0 Å². The molecule has 0 radical (unpaired) electrons. The summed E-state index contributed by atoms with van der Waals surface area (Å²) in [5, 5.41) is 2.69. The van der Waals surface area contributed by atoms with Crippen molar-refractivity contribution in [2.45, 2.75) is 52.7 Å². The third-order valence-electron chi connectivity index (χ3n) is 3.83. The van der Waals surface area contributed by atoms with E-state index >= 15 is 0 Å². The monoisotopic (exact) mass is 479 g/mol. The maximum atomic E-state index is 15.0. The minimum Gasteiger partial charge on any atom is -0.456 e. The third-order valence-corrected chi connectivity index (χ3v) is 5.05. The highest BCUT2D eigenvalue weighted by Gasteiger charge is 2.24. The Kier molecular flexibility index (Phi) is 6.44. The van der Waals surface area contributed by atoms with Gasteiger partial charge in [0, 0.05) is 5.56 Å². The van der Waals surface area contributed by atoms with Gasteiger partial charge in [-0.25, -0.2) is 23.9 Å². The summed E-state index contributed by atoms with van der Waals surface area (Å²) in [7, 11) is 0. The molecule has 2 heterocycles. The molecule has 170 valence electrons. The van der Waals surface area contributed by atoms with E-state index in [9.17, 15) is 14.0 Å². The number of fused-ring (bicyclic) bond motifs is 1. The van der Waals surface area contributed by atoms with Gasteiger partial charge in [-0.1, -0.05) is 35.1 Å². The highest BCUT2D eigenvalue weighted by atomic mass is 35.5. The van der Waals surface area contributed by atoms with Crippen LogP contribution in [0.3, 0.4) is 0 Å². The SMILES string of the molecule is CC(C)(C)OC(=O)Nc1nc2c(-c3nc(Cl)c(C(=O)OC(C)(C)C)cc3F)cccc2s1. The molecule has 32 heavy (non-hydrogen) atoms. The molecule has 0 atom stereocenters. The summed E-state index contributed by atoms with van der Waals surface area (Å²) in [6.45, 7) is 10.3. The Morgan fingerprint density at radius 3 is 2.34 bits per heavy atom. The molecule has 3 rings (SSSR count). The molecule has 3 aromatic rings. The summed E-state index contributed by atoms with van der Waals surface area (Å²) >= 11 is 7.40. The minimum absolute atomic E-state index is 0.0676. The number of benzene rings is 1. The van der Waals surface area contributed by atoms with Gasteiger partial charge in [0.05, 0.1) is 15.8 Å². The van der Waals surface area contributed by atoms with Gasteiger partial charge >= 0.3 is 12.1 Å². The second kappa shape index (κ2) is 8.63. The topological polar surface area (TPSA) is 90.4 Å². The van der Waals surface area contributed by atoms with Crippen LogP contribution in [0.15, 0.2) is 24.3 Å². The number of rotatable bonds is 3. The van der Waals surface area contributed by atoms with Crippen LogP contribution in [-0.2, 0) is 9.47 Å².